The number of carbonyl (C=O) groups is 3. The normalized spacial score (nSPS) is 28.9. The zero-order valence-electron chi connectivity index (χ0n) is 21.9. The first-order chi connectivity index (χ1) is 17.4. The van der Waals surface area contributed by atoms with Gasteiger partial charge in [-0.2, -0.15) is 0 Å². The van der Waals surface area contributed by atoms with Crippen LogP contribution in [0.3, 0.4) is 0 Å². The van der Waals surface area contributed by atoms with Gasteiger partial charge in [-0.05, 0) is 88.8 Å². The third-order valence-corrected chi connectivity index (χ3v) is 8.39. The first-order valence-electron chi connectivity index (χ1n) is 13.6. The number of aryl methyl sites for hydroxylation is 1. The van der Waals surface area contributed by atoms with Gasteiger partial charge < -0.3 is 25.6 Å². The highest BCUT2D eigenvalue weighted by molar-refractivity contribution is 5.93. The van der Waals surface area contributed by atoms with Gasteiger partial charge in [-0.3, -0.25) is 14.4 Å². The predicted octanol–water partition coefficient (Wildman–Crippen LogP) is 2.47. The van der Waals surface area contributed by atoms with Crippen molar-refractivity contribution in [2.45, 2.75) is 94.9 Å². The molecule has 2 saturated heterocycles. The highest BCUT2D eigenvalue weighted by Gasteiger charge is 2.45. The molecule has 2 fully saturated rings. The second-order valence-electron chi connectivity index (χ2n) is 10.7. The molecule has 0 saturated carbocycles. The van der Waals surface area contributed by atoms with E-state index in [9.17, 15) is 14.4 Å². The molecule has 4 rings (SSSR count). The van der Waals surface area contributed by atoms with Crippen LogP contribution in [0.2, 0.25) is 0 Å². The van der Waals surface area contributed by atoms with Gasteiger partial charge in [0.2, 0.25) is 17.7 Å². The van der Waals surface area contributed by atoms with Crippen molar-refractivity contribution in [2.24, 2.45) is 5.92 Å². The van der Waals surface area contributed by atoms with Crippen molar-refractivity contribution in [2.75, 3.05) is 20.8 Å². The Morgan fingerprint density at radius 1 is 1.08 bits per heavy atom. The lowest BCUT2D eigenvalue weighted by Gasteiger charge is -2.38. The molecular formula is C28H42N4O4. The quantitative estimate of drug-likeness (QED) is 0.511. The number of methoxy groups -OCH3 is 1. The average molecular weight is 499 g/mol. The molecule has 36 heavy (non-hydrogen) atoms. The first kappa shape index (κ1) is 26.6. The second-order valence-corrected chi connectivity index (χ2v) is 10.7. The van der Waals surface area contributed by atoms with Crippen LogP contribution in [0, 0.1) is 5.92 Å². The Bertz CT molecular complexity index is 938. The third kappa shape index (κ3) is 5.92. The molecule has 198 valence electrons. The van der Waals surface area contributed by atoms with Gasteiger partial charge in [-0.15, -0.1) is 0 Å². The smallest absolute Gasteiger partial charge is 0.246 e. The molecule has 0 spiro atoms. The number of hydrogen-bond acceptors (Lipinski definition) is 5. The minimum Gasteiger partial charge on any atom is -0.385 e. The molecule has 3 N–H and O–H groups in total. The van der Waals surface area contributed by atoms with Crippen LogP contribution in [-0.4, -0.2) is 67.6 Å². The van der Waals surface area contributed by atoms with Crippen LogP contribution < -0.4 is 16.0 Å². The van der Waals surface area contributed by atoms with Crippen molar-refractivity contribution < 1.29 is 19.1 Å². The number of carbonyl (C=O) groups excluding carboxylic acids is 3. The number of amides is 3. The minimum absolute atomic E-state index is 0.0169. The summed E-state index contributed by atoms with van der Waals surface area (Å²) in [7, 11) is 3.42. The number of fused-ring (bicyclic) bond motifs is 2. The number of hydrogen-bond donors (Lipinski definition) is 3. The van der Waals surface area contributed by atoms with Crippen molar-refractivity contribution in [3.8, 4) is 0 Å². The number of benzene rings is 1. The van der Waals surface area contributed by atoms with Crippen LogP contribution in [0.4, 0.5) is 0 Å². The summed E-state index contributed by atoms with van der Waals surface area (Å²) < 4.78 is 5.30. The van der Waals surface area contributed by atoms with Gasteiger partial charge in [0.05, 0.1) is 12.1 Å². The van der Waals surface area contributed by atoms with Crippen LogP contribution in [0.1, 0.15) is 75.5 Å². The lowest BCUT2D eigenvalue weighted by Crippen LogP contribution is -2.58. The number of nitrogens with one attached hydrogen (secondary N) is 3. The SMILES string of the molecule is CN[C@@H](C)C(=O)N[C@H]1C[C@@H](CCOC)CC[C@H]2CC[C@@H](C(=O)N[C@@H]3CCCc4ccccc43)N2C1=O. The van der Waals surface area contributed by atoms with E-state index in [0.29, 0.717) is 19.4 Å². The van der Waals surface area contributed by atoms with Crippen LogP contribution in [0.25, 0.3) is 0 Å². The average Bonchev–Trinajstić information content (AvgIpc) is 3.31. The molecule has 8 heteroatoms. The molecule has 2 aliphatic heterocycles. The molecule has 1 aliphatic carbocycles. The lowest BCUT2D eigenvalue weighted by molar-refractivity contribution is -0.145. The monoisotopic (exact) mass is 498 g/mol. The third-order valence-electron chi connectivity index (χ3n) is 8.39. The van der Waals surface area contributed by atoms with Crippen molar-refractivity contribution in [1.29, 1.82) is 0 Å². The number of nitrogens with zero attached hydrogens (tertiary/aromatic N) is 1. The van der Waals surface area contributed by atoms with Crippen LogP contribution in [0.5, 0.6) is 0 Å². The summed E-state index contributed by atoms with van der Waals surface area (Å²) >= 11 is 0. The molecule has 3 aliphatic rings. The molecule has 6 atom stereocenters. The van der Waals surface area contributed by atoms with Gasteiger partial charge in [0.15, 0.2) is 0 Å². The molecule has 1 aromatic carbocycles. The zero-order chi connectivity index (χ0) is 25.7. The maximum Gasteiger partial charge on any atom is 0.246 e. The fraction of sp³-hybridized carbons (Fsp3) is 0.679. The summed E-state index contributed by atoms with van der Waals surface area (Å²) in [5.74, 6) is -0.103. The van der Waals surface area contributed by atoms with Gasteiger partial charge in [0.1, 0.15) is 12.1 Å². The summed E-state index contributed by atoms with van der Waals surface area (Å²) in [6.45, 7) is 2.41. The number of ether oxygens (including phenoxy) is 1. The maximum absolute atomic E-state index is 13.9. The maximum atomic E-state index is 13.9. The molecule has 0 unspecified atom stereocenters. The lowest BCUT2D eigenvalue weighted by atomic mass is 9.87. The largest absolute Gasteiger partial charge is 0.385 e. The van der Waals surface area contributed by atoms with Crippen molar-refractivity contribution >= 4 is 17.7 Å². The summed E-state index contributed by atoms with van der Waals surface area (Å²) in [6, 6.07) is 6.79. The highest BCUT2D eigenvalue weighted by atomic mass is 16.5. The standard InChI is InChI=1S/C28H42N4O4/c1-18(29-2)26(33)31-24-17-19(15-16-36-3)11-12-21-13-14-25(32(21)28(24)35)27(34)30-23-10-6-8-20-7-4-5-9-22(20)23/h4-5,7,9,18-19,21,23-25,29H,6,8,10-17H2,1-3H3,(H,30,34)(H,31,33)/t18-,19+,21-,23+,24-,25-/m0/s1. The van der Waals surface area contributed by atoms with E-state index in [0.717, 1.165) is 44.9 Å². The molecule has 1 aromatic rings. The predicted molar refractivity (Wildman–Crippen MR) is 138 cm³/mol. The molecule has 8 nitrogen and oxygen atoms in total. The highest BCUT2D eigenvalue weighted by Crippen LogP contribution is 2.35. The molecule has 0 bridgehead atoms. The van der Waals surface area contributed by atoms with E-state index in [1.807, 2.05) is 17.0 Å². The molecule has 0 radical (unpaired) electrons. The molecule has 2 heterocycles. The zero-order valence-corrected chi connectivity index (χ0v) is 21.9. The van der Waals surface area contributed by atoms with Gasteiger partial charge in [0.25, 0.3) is 0 Å². The van der Waals surface area contributed by atoms with E-state index in [1.54, 1.807) is 21.1 Å². The molecule has 3 amide bonds. The second kappa shape index (κ2) is 12.2. The first-order valence-corrected chi connectivity index (χ1v) is 13.6. The van der Waals surface area contributed by atoms with Gasteiger partial charge in [-0.1, -0.05) is 24.3 Å². The van der Waals surface area contributed by atoms with E-state index < -0.39 is 18.1 Å². The molecular weight excluding hydrogens is 456 g/mol. The Labute approximate surface area is 214 Å². The van der Waals surface area contributed by atoms with Crippen LogP contribution in [0.15, 0.2) is 24.3 Å². The summed E-state index contributed by atoms with van der Waals surface area (Å²) in [5, 5.41) is 9.22. The Morgan fingerprint density at radius 3 is 2.64 bits per heavy atom. The van der Waals surface area contributed by atoms with E-state index in [4.69, 9.17) is 4.74 Å². The fourth-order valence-corrected chi connectivity index (χ4v) is 6.18. The minimum atomic E-state index is -0.637. The Hall–Kier alpha value is -2.45. The van der Waals surface area contributed by atoms with Crippen molar-refractivity contribution in [3.63, 3.8) is 0 Å². The fourth-order valence-electron chi connectivity index (χ4n) is 6.18. The van der Waals surface area contributed by atoms with E-state index in [1.165, 1.54) is 11.1 Å². The van der Waals surface area contributed by atoms with Crippen molar-refractivity contribution in [3.05, 3.63) is 35.4 Å². The summed E-state index contributed by atoms with van der Waals surface area (Å²) in [6.07, 6.45) is 7.72. The van der Waals surface area contributed by atoms with Gasteiger partial charge >= 0.3 is 0 Å². The van der Waals surface area contributed by atoms with Gasteiger partial charge in [-0.25, -0.2) is 0 Å². The van der Waals surface area contributed by atoms with E-state index in [2.05, 4.69) is 28.1 Å². The van der Waals surface area contributed by atoms with Crippen LogP contribution >= 0.6 is 0 Å². The summed E-state index contributed by atoms with van der Waals surface area (Å²) in [5.41, 5.74) is 2.49. The summed E-state index contributed by atoms with van der Waals surface area (Å²) in [4.78, 5) is 42.1. The van der Waals surface area contributed by atoms with E-state index in [-0.39, 0.29) is 35.7 Å². The molecule has 0 aromatic heterocycles. The topological polar surface area (TPSA) is 99.8 Å². The number of rotatable bonds is 8. The van der Waals surface area contributed by atoms with Gasteiger partial charge in [0, 0.05) is 19.8 Å². The Kier molecular flexibility index (Phi) is 9.01. The van der Waals surface area contributed by atoms with E-state index >= 15 is 0 Å². The van der Waals surface area contributed by atoms with Crippen LogP contribution in [-0.2, 0) is 25.5 Å². The van der Waals surface area contributed by atoms with Crippen molar-refractivity contribution in [1.82, 2.24) is 20.9 Å². The number of likely N-dealkylation sites (N-methyl/N-ethyl adjacent to an activating group) is 1. The Balaban J connectivity index is 1.52. The Morgan fingerprint density at radius 2 is 1.86 bits per heavy atom.